The van der Waals surface area contributed by atoms with E-state index in [0.717, 1.165) is 23.6 Å². The van der Waals surface area contributed by atoms with Gasteiger partial charge in [-0.05, 0) is 25.3 Å². The Labute approximate surface area is 83.4 Å². The van der Waals surface area contributed by atoms with Crippen molar-refractivity contribution in [1.82, 2.24) is 0 Å². The summed E-state index contributed by atoms with van der Waals surface area (Å²) in [5.41, 5.74) is 2.29. The molecule has 1 heterocycles. The molecule has 1 nitrogen and oxygen atoms in total. The first-order valence-electron chi connectivity index (χ1n) is 4.66. The van der Waals surface area contributed by atoms with Crippen molar-refractivity contribution in [2.75, 3.05) is 6.54 Å². The Morgan fingerprint density at radius 3 is 2.69 bits per heavy atom. The van der Waals surface area contributed by atoms with Crippen LogP contribution in [0.5, 0.6) is 0 Å². The molecule has 0 aliphatic carbocycles. The Balaban J connectivity index is 2.34. The van der Waals surface area contributed by atoms with E-state index >= 15 is 0 Å². The molecule has 1 aromatic rings. The second-order valence-electron chi connectivity index (χ2n) is 3.27. The van der Waals surface area contributed by atoms with E-state index in [1.807, 2.05) is 24.3 Å². The van der Waals surface area contributed by atoms with E-state index in [1.54, 1.807) is 0 Å². The molecule has 1 aliphatic heterocycles. The molecule has 0 atom stereocenters. The van der Waals surface area contributed by atoms with Crippen LogP contribution in [0.4, 0.5) is 0 Å². The van der Waals surface area contributed by atoms with Crippen LogP contribution in [0.1, 0.15) is 24.8 Å². The van der Waals surface area contributed by atoms with Crippen molar-refractivity contribution in [2.24, 2.45) is 4.99 Å². The molecule has 1 aromatic carbocycles. The molecule has 68 valence electrons. The van der Waals surface area contributed by atoms with Gasteiger partial charge in [-0.25, -0.2) is 0 Å². The van der Waals surface area contributed by atoms with Crippen LogP contribution < -0.4 is 0 Å². The highest BCUT2D eigenvalue weighted by Crippen LogP contribution is 2.20. The van der Waals surface area contributed by atoms with Gasteiger partial charge in [0.15, 0.2) is 0 Å². The molecule has 0 amide bonds. The first-order valence-corrected chi connectivity index (χ1v) is 5.04. The number of benzene rings is 1. The van der Waals surface area contributed by atoms with Crippen molar-refractivity contribution in [2.45, 2.75) is 19.3 Å². The quantitative estimate of drug-likeness (QED) is 0.649. The summed E-state index contributed by atoms with van der Waals surface area (Å²) in [5.74, 6) is 0. The lowest BCUT2D eigenvalue weighted by Crippen LogP contribution is -2.07. The summed E-state index contributed by atoms with van der Waals surface area (Å²) in [7, 11) is 0. The molecule has 0 bridgehead atoms. The summed E-state index contributed by atoms with van der Waals surface area (Å²) in [6, 6.07) is 7.94. The van der Waals surface area contributed by atoms with Gasteiger partial charge in [0.25, 0.3) is 0 Å². The van der Waals surface area contributed by atoms with Gasteiger partial charge in [0, 0.05) is 22.8 Å². The maximum absolute atomic E-state index is 6.08. The average Bonchev–Trinajstić information content (AvgIpc) is 2.20. The van der Waals surface area contributed by atoms with Crippen LogP contribution in [0.2, 0.25) is 5.02 Å². The Kier molecular flexibility index (Phi) is 2.65. The molecule has 0 saturated heterocycles. The van der Waals surface area contributed by atoms with Gasteiger partial charge < -0.3 is 0 Å². The highest BCUT2D eigenvalue weighted by Gasteiger charge is 2.09. The summed E-state index contributed by atoms with van der Waals surface area (Å²) >= 11 is 6.08. The predicted octanol–water partition coefficient (Wildman–Crippen LogP) is 3.31. The van der Waals surface area contributed by atoms with Crippen molar-refractivity contribution in [3.8, 4) is 0 Å². The molecule has 0 N–H and O–H groups in total. The van der Waals surface area contributed by atoms with Crippen LogP contribution in [-0.2, 0) is 0 Å². The molecule has 0 spiro atoms. The minimum atomic E-state index is 0.822. The zero-order chi connectivity index (χ0) is 9.10. The zero-order valence-corrected chi connectivity index (χ0v) is 8.22. The van der Waals surface area contributed by atoms with E-state index in [4.69, 9.17) is 11.6 Å². The minimum absolute atomic E-state index is 0.822. The standard InChI is InChI=1S/C11H12ClN/c12-10-6-2-1-5-9(10)11-7-3-4-8-13-11/h1-2,5-6H,3-4,7-8H2. The van der Waals surface area contributed by atoms with Gasteiger partial charge in [0.1, 0.15) is 0 Å². The fourth-order valence-corrected chi connectivity index (χ4v) is 1.86. The third-order valence-corrected chi connectivity index (χ3v) is 2.64. The van der Waals surface area contributed by atoms with Crippen LogP contribution in [0.15, 0.2) is 29.3 Å². The Hall–Kier alpha value is -0.820. The van der Waals surface area contributed by atoms with Crippen LogP contribution in [-0.4, -0.2) is 12.3 Å². The number of hydrogen-bond donors (Lipinski definition) is 0. The second kappa shape index (κ2) is 3.93. The molecule has 2 heteroatoms. The number of nitrogens with zero attached hydrogens (tertiary/aromatic N) is 1. The Morgan fingerprint density at radius 2 is 2.00 bits per heavy atom. The highest BCUT2D eigenvalue weighted by atomic mass is 35.5. The Morgan fingerprint density at radius 1 is 1.15 bits per heavy atom. The normalized spacial score (nSPS) is 16.8. The summed E-state index contributed by atoms with van der Waals surface area (Å²) in [4.78, 5) is 4.49. The molecule has 1 aliphatic rings. The van der Waals surface area contributed by atoms with Crippen molar-refractivity contribution in [1.29, 1.82) is 0 Å². The maximum Gasteiger partial charge on any atom is 0.0496 e. The summed E-state index contributed by atoms with van der Waals surface area (Å²) in [6.07, 6.45) is 3.53. The predicted molar refractivity (Wildman–Crippen MR) is 56.7 cm³/mol. The lowest BCUT2D eigenvalue weighted by atomic mass is 10.0. The van der Waals surface area contributed by atoms with E-state index in [0.29, 0.717) is 0 Å². The van der Waals surface area contributed by atoms with Crippen LogP contribution in [0.25, 0.3) is 0 Å². The van der Waals surface area contributed by atoms with Gasteiger partial charge in [-0.1, -0.05) is 29.8 Å². The van der Waals surface area contributed by atoms with Crippen LogP contribution in [0.3, 0.4) is 0 Å². The second-order valence-corrected chi connectivity index (χ2v) is 3.67. The molecular formula is C11H12ClN. The van der Waals surface area contributed by atoms with Crippen molar-refractivity contribution in [3.05, 3.63) is 34.9 Å². The smallest absolute Gasteiger partial charge is 0.0496 e. The minimum Gasteiger partial charge on any atom is -0.289 e. The molecule has 0 unspecified atom stereocenters. The molecule has 0 aromatic heterocycles. The SMILES string of the molecule is Clc1ccccc1C1=NCCCC1. The monoisotopic (exact) mass is 193 g/mol. The molecule has 0 saturated carbocycles. The largest absolute Gasteiger partial charge is 0.289 e. The van der Waals surface area contributed by atoms with Gasteiger partial charge in [-0.2, -0.15) is 0 Å². The van der Waals surface area contributed by atoms with Gasteiger partial charge in [-0.15, -0.1) is 0 Å². The van der Waals surface area contributed by atoms with Crippen LogP contribution >= 0.6 is 11.6 Å². The average molecular weight is 194 g/mol. The van der Waals surface area contributed by atoms with E-state index in [9.17, 15) is 0 Å². The fourth-order valence-electron chi connectivity index (χ4n) is 1.61. The van der Waals surface area contributed by atoms with Gasteiger partial charge >= 0.3 is 0 Å². The lowest BCUT2D eigenvalue weighted by Gasteiger charge is -2.12. The first kappa shape index (κ1) is 8.76. The summed E-state index contributed by atoms with van der Waals surface area (Å²) in [5, 5.41) is 0.822. The van der Waals surface area contributed by atoms with Crippen molar-refractivity contribution < 1.29 is 0 Å². The molecule has 0 radical (unpaired) electrons. The Bertz CT molecular complexity index is 331. The van der Waals surface area contributed by atoms with E-state index in [2.05, 4.69) is 4.99 Å². The molecule has 0 fully saturated rings. The number of hydrogen-bond acceptors (Lipinski definition) is 1. The summed E-state index contributed by atoms with van der Waals surface area (Å²) < 4.78 is 0. The molecule has 13 heavy (non-hydrogen) atoms. The number of halogens is 1. The lowest BCUT2D eigenvalue weighted by molar-refractivity contribution is 0.738. The third kappa shape index (κ3) is 1.92. The molecule has 2 rings (SSSR count). The van der Waals surface area contributed by atoms with Gasteiger partial charge in [-0.3, -0.25) is 4.99 Å². The van der Waals surface area contributed by atoms with Crippen LogP contribution in [0, 0.1) is 0 Å². The zero-order valence-electron chi connectivity index (χ0n) is 7.46. The van der Waals surface area contributed by atoms with E-state index in [-0.39, 0.29) is 0 Å². The number of rotatable bonds is 1. The third-order valence-electron chi connectivity index (χ3n) is 2.31. The van der Waals surface area contributed by atoms with E-state index in [1.165, 1.54) is 18.6 Å². The maximum atomic E-state index is 6.08. The summed E-state index contributed by atoms with van der Waals surface area (Å²) in [6.45, 7) is 0.959. The highest BCUT2D eigenvalue weighted by molar-refractivity contribution is 6.34. The fraction of sp³-hybridized carbons (Fsp3) is 0.364. The first-order chi connectivity index (χ1) is 6.38. The van der Waals surface area contributed by atoms with Crippen molar-refractivity contribution >= 4 is 17.3 Å². The van der Waals surface area contributed by atoms with Gasteiger partial charge in [0.2, 0.25) is 0 Å². The molecular weight excluding hydrogens is 182 g/mol. The topological polar surface area (TPSA) is 12.4 Å². The van der Waals surface area contributed by atoms with E-state index < -0.39 is 0 Å². The number of aliphatic imine (C=N–C) groups is 1. The van der Waals surface area contributed by atoms with Crippen molar-refractivity contribution in [3.63, 3.8) is 0 Å². The van der Waals surface area contributed by atoms with Gasteiger partial charge in [0.05, 0.1) is 0 Å².